The van der Waals surface area contributed by atoms with E-state index in [1.165, 1.54) is 13.8 Å². The van der Waals surface area contributed by atoms with E-state index < -0.39 is 227 Å². The molecule has 35 atom stereocenters. The van der Waals surface area contributed by atoms with Gasteiger partial charge in [-0.3, -0.25) is 0 Å². The lowest BCUT2D eigenvalue weighted by Crippen LogP contribution is -2.65. The van der Waals surface area contributed by atoms with Crippen LogP contribution in [0.5, 0.6) is 0 Å². The molecule has 5 saturated heterocycles. The van der Waals surface area contributed by atoms with Crippen molar-refractivity contribution >= 4 is 0 Å². The van der Waals surface area contributed by atoms with Gasteiger partial charge in [-0.25, -0.2) is 0 Å². The van der Waals surface area contributed by atoms with Gasteiger partial charge < -0.3 is 144 Å². The molecule has 9 aliphatic rings. The van der Waals surface area contributed by atoms with Gasteiger partial charge in [-0.1, -0.05) is 53.2 Å². The zero-order chi connectivity index (χ0) is 65.5. The maximum atomic E-state index is 12.8. The molecule has 0 aromatic heterocycles. The highest BCUT2D eigenvalue weighted by atomic mass is 16.8. The second kappa shape index (κ2) is 27.6. The van der Waals surface area contributed by atoms with E-state index in [-0.39, 0.29) is 35.5 Å². The lowest BCUT2D eigenvalue weighted by atomic mass is 9.38. The number of hydrogen-bond acceptors (Lipinski definition) is 29. The number of aliphatic hydroxyl groups excluding tert-OH is 18. The van der Waals surface area contributed by atoms with Crippen LogP contribution < -0.4 is 0 Å². The van der Waals surface area contributed by atoms with Crippen LogP contribution in [0.25, 0.3) is 0 Å². The summed E-state index contributed by atoms with van der Waals surface area (Å²) in [6, 6.07) is 0. The molecule has 8 fully saturated rings. The molecular weight excluding hydrogens is 1180 g/mol. The van der Waals surface area contributed by atoms with Gasteiger partial charge in [0.15, 0.2) is 31.5 Å². The van der Waals surface area contributed by atoms with E-state index in [1.807, 2.05) is 13.8 Å². The molecule has 516 valence electrons. The molecule has 4 aliphatic carbocycles. The number of allylic oxidation sites excluding steroid dienone is 1. The number of fused-ring (bicyclic) bond motifs is 5. The van der Waals surface area contributed by atoms with Crippen LogP contribution in [0.15, 0.2) is 11.6 Å². The van der Waals surface area contributed by atoms with E-state index in [2.05, 4.69) is 33.8 Å². The number of hydrogen-bond donors (Lipinski definition) is 19. The molecule has 29 heteroatoms. The van der Waals surface area contributed by atoms with Crippen molar-refractivity contribution in [3.8, 4) is 0 Å². The molecular formula is C60H102O29. The van der Waals surface area contributed by atoms with Crippen LogP contribution in [0.2, 0.25) is 0 Å². The van der Waals surface area contributed by atoms with Crippen LogP contribution in [0.4, 0.5) is 0 Å². The van der Waals surface area contributed by atoms with Crippen LogP contribution in [0.1, 0.15) is 107 Å². The summed E-state index contributed by atoms with van der Waals surface area (Å²) >= 11 is 0. The predicted octanol–water partition coefficient (Wildman–Crippen LogP) is -5.41. The molecule has 0 bridgehead atoms. The molecule has 9 rings (SSSR count). The van der Waals surface area contributed by atoms with Crippen LogP contribution in [-0.2, 0) is 47.4 Å². The molecule has 0 aromatic rings. The van der Waals surface area contributed by atoms with Crippen molar-refractivity contribution < 1.29 is 144 Å². The number of rotatable bonds is 20. The molecule has 5 heterocycles. The Morgan fingerprint density at radius 1 is 0.517 bits per heavy atom. The predicted molar refractivity (Wildman–Crippen MR) is 300 cm³/mol. The van der Waals surface area contributed by atoms with Crippen LogP contribution >= 0.6 is 0 Å². The highest BCUT2D eigenvalue weighted by Crippen LogP contribution is 2.75. The average Bonchev–Trinajstić information content (AvgIpc) is 1.66. The topological polar surface area (TPSA) is 477 Å². The molecule has 19 N–H and O–H groups in total. The van der Waals surface area contributed by atoms with Crippen LogP contribution in [-0.4, -0.2) is 308 Å². The van der Waals surface area contributed by atoms with Crippen molar-refractivity contribution in [1.29, 1.82) is 0 Å². The van der Waals surface area contributed by atoms with Crippen molar-refractivity contribution in [1.82, 2.24) is 0 Å². The molecule has 5 aliphatic heterocycles. The normalized spacial score (nSPS) is 51.8. The number of aliphatic hydroxyl groups is 19. The van der Waals surface area contributed by atoms with Gasteiger partial charge in [-0.2, -0.15) is 0 Å². The third kappa shape index (κ3) is 13.1. The van der Waals surface area contributed by atoms with Gasteiger partial charge in [0, 0.05) is 10.8 Å². The van der Waals surface area contributed by atoms with Crippen LogP contribution in [0, 0.1) is 45.3 Å². The van der Waals surface area contributed by atoms with E-state index in [1.54, 1.807) is 0 Å². The molecule has 0 aromatic carbocycles. The summed E-state index contributed by atoms with van der Waals surface area (Å²) in [7, 11) is 0. The summed E-state index contributed by atoms with van der Waals surface area (Å²) in [6.45, 7) is 12.6. The fourth-order valence-corrected chi connectivity index (χ4v) is 17.0. The van der Waals surface area contributed by atoms with Crippen molar-refractivity contribution in [2.75, 3.05) is 33.0 Å². The van der Waals surface area contributed by atoms with E-state index >= 15 is 0 Å². The number of ether oxygens (including phenoxy) is 10. The summed E-state index contributed by atoms with van der Waals surface area (Å²) in [5.74, 6) is -0.0172. The highest BCUT2D eigenvalue weighted by Gasteiger charge is 2.70. The van der Waals surface area contributed by atoms with E-state index in [4.69, 9.17) is 47.4 Å². The SMILES string of the molecule is C[C@H](CC[C@@H](O[C@@H]1O[C@H](CO[C@@H]2O[C@H](CO)[C@@H](O)[C@H](O)[C@H]2O)[C@@H](O)[C@H](O)[C@H]1O[C@H]1O[C@@H](CO)[C@H](O)[C@@H](O)[C@@H]1O)C(C)(C)O)C1CC[C@@]2(C)C3CC=C4C(CC[C@H](O[C@@H]5O[C@H](CO[C@H]6O[C@H](CO)[C@@H](O)[C@H](O)[C@H]6O)[C@@H](O)[C@H](O)[C@H]5O)C4(C)C)[C@]3(C)[C@H](O)C[C@]12C. The van der Waals surface area contributed by atoms with Crippen molar-refractivity contribution in [3.63, 3.8) is 0 Å². The summed E-state index contributed by atoms with van der Waals surface area (Å²) in [6.07, 6.45) is -37.4. The lowest BCUT2D eigenvalue weighted by molar-refractivity contribution is -0.380. The van der Waals surface area contributed by atoms with Gasteiger partial charge in [0.2, 0.25) is 0 Å². The van der Waals surface area contributed by atoms with Gasteiger partial charge in [0.1, 0.15) is 122 Å². The molecule has 3 saturated carbocycles. The summed E-state index contributed by atoms with van der Waals surface area (Å²) < 4.78 is 59.3. The van der Waals surface area contributed by atoms with Gasteiger partial charge in [0.25, 0.3) is 0 Å². The van der Waals surface area contributed by atoms with Gasteiger partial charge >= 0.3 is 0 Å². The first-order valence-corrected chi connectivity index (χ1v) is 31.6. The fourth-order valence-electron chi connectivity index (χ4n) is 17.0. The molecule has 0 amide bonds. The quantitative estimate of drug-likeness (QED) is 0.0506. The zero-order valence-corrected chi connectivity index (χ0v) is 51.8. The summed E-state index contributed by atoms with van der Waals surface area (Å²) in [4.78, 5) is 0. The minimum atomic E-state index is -1.96. The Kier molecular flexibility index (Phi) is 22.3. The highest BCUT2D eigenvalue weighted by molar-refractivity contribution is 5.32. The Bertz CT molecular complexity index is 2340. The second-order valence-corrected chi connectivity index (χ2v) is 28.7. The Morgan fingerprint density at radius 3 is 1.45 bits per heavy atom. The molecule has 0 radical (unpaired) electrons. The van der Waals surface area contributed by atoms with Crippen molar-refractivity contribution in [3.05, 3.63) is 11.6 Å². The maximum Gasteiger partial charge on any atom is 0.187 e. The summed E-state index contributed by atoms with van der Waals surface area (Å²) in [5.41, 5.74) is -2.49. The van der Waals surface area contributed by atoms with Gasteiger partial charge in [-0.05, 0) is 99.7 Å². The minimum absolute atomic E-state index is 0.0310. The van der Waals surface area contributed by atoms with Crippen molar-refractivity contribution in [2.24, 2.45) is 45.3 Å². The molecule has 89 heavy (non-hydrogen) atoms. The van der Waals surface area contributed by atoms with E-state index in [0.29, 0.717) is 32.1 Å². The van der Waals surface area contributed by atoms with Crippen LogP contribution in [0.3, 0.4) is 0 Å². The first kappa shape index (κ1) is 71.9. The monoisotopic (exact) mass is 1290 g/mol. The lowest BCUT2D eigenvalue weighted by Gasteiger charge is -2.67. The third-order valence-electron chi connectivity index (χ3n) is 22.9. The summed E-state index contributed by atoms with van der Waals surface area (Å²) in [5, 5.41) is 205. The van der Waals surface area contributed by atoms with E-state index in [9.17, 15) is 97.0 Å². The van der Waals surface area contributed by atoms with Crippen molar-refractivity contribution in [2.45, 2.75) is 284 Å². The van der Waals surface area contributed by atoms with Gasteiger partial charge in [-0.15, -0.1) is 0 Å². The first-order chi connectivity index (χ1) is 41.6. The maximum absolute atomic E-state index is 12.8. The molecule has 3 unspecified atom stereocenters. The van der Waals surface area contributed by atoms with E-state index in [0.717, 1.165) is 18.4 Å². The fraction of sp³-hybridized carbons (Fsp3) is 0.967. The molecule has 0 spiro atoms. The Labute approximate surface area is 517 Å². The Morgan fingerprint density at radius 2 is 0.955 bits per heavy atom. The Balaban J connectivity index is 0.883. The largest absolute Gasteiger partial charge is 0.394 e. The third-order valence-corrected chi connectivity index (χ3v) is 22.9. The smallest absolute Gasteiger partial charge is 0.187 e. The zero-order valence-electron chi connectivity index (χ0n) is 51.8. The average molecular weight is 1290 g/mol. The Hall–Kier alpha value is -1.42. The second-order valence-electron chi connectivity index (χ2n) is 28.7. The van der Waals surface area contributed by atoms with Gasteiger partial charge in [0.05, 0.1) is 56.9 Å². The minimum Gasteiger partial charge on any atom is -0.394 e. The first-order valence-electron chi connectivity index (χ1n) is 31.6. The molecule has 29 nitrogen and oxygen atoms in total. The standard InChI is InChI=1S/C60H102O29/c1-23(9-13-35(57(4,5)79)88-55-50(89-54-49(78)43(72)38(67)29(20-63)84-54)45(74)40(69)31(86-55)22-81-52-47(76)42(71)37(66)28(19-62)83-52)24-15-16-58(6)32-12-10-25-26(60(32,8)33(64)17-59(24,58)7)11-14-34(56(25,2)3)87-53-48(77)44(73)39(68)30(85-53)21-80-51-46(75)41(70)36(65)27(18-61)82-51/h10,23-24,26-55,61-79H,9,11-22H2,1-8H3/t23-,24?,26?,27-,28-,29+,30-,31-,32?,33-,34+,35-,36-,37-,38+,39-,40-,41+,42+,43-,44+,45+,46-,47-,48-,49+,50-,51+,52-,53+,54-,55+,58+,59-,60+/m1/s1.